The van der Waals surface area contributed by atoms with Crippen LogP contribution in [0.15, 0.2) is 12.7 Å². The largest absolute Gasteiger partial charge is 0.456 e. The molecule has 3 atom stereocenters. The van der Waals surface area contributed by atoms with Crippen molar-refractivity contribution in [1.29, 1.82) is 0 Å². The van der Waals surface area contributed by atoms with Gasteiger partial charge in [0.25, 0.3) is 0 Å². The molecule has 3 unspecified atom stereocenters. The van der Waals surface area contributed by atoms with E-state index in [1.54, 1.807) is 0 Å². The van der Waals surface area contributed by atoms with Crippen molar-refractivity contribution >= 4 is 5.97 Å². The van der Waals surface area contributed by atoms with Gasteiger partial charge in [-0.25, -0.2) is 4.79 Å². The van der Waals surface area contributed by atoms with Crippen molar-refractivity contribution in [3.63, 3.8) is 0 Å². The predicted octanol–water partition coefficient (Wildman–Crippen LogP) is 4.63. The number of esters is 1. The highest BCUT2D eigenvalue weighted by atomic mass is 16.6. The summed E-state index contributed by atoms with van der Waals surface area (Å²) in [5, 5.41) is 0. The number of fused-ring (bicyclic) bond motifs is 1. The fourth-order valence-electron chi connectivity index (χ4n) is 4.32. The number of carbonyl (C=O) groups excluding carboxylic acids is 1. The zero-order chi connectivity index (χ0) is 13.7. The molecule has 0 heterocycles. The Morgan fingerprint density at radius 1 is 1.21 bits per heavy atom. The fourth-order valence-corrected chi connectivity index (χ4v) is 4.32. The van der Waals surface area contributed by atoms with Gasteiger partial charge in [0.1, 0.15) is 5.60 Å². The third-order valence-electron chi connectivity index (χ3n) is 5.33. The molecule has 0 amide bonds. The summed E-state index contributed by atoms with van der Waals surface area (Å²) < 4.78 is 5.93. The van der Waals surface area contributed by atoms with Crippen molar-refractivity contribution in [1.82, 2.24) is 0 Å². The first-order valence-electron chi connectivity index (χ1n) is 8.07. The van der Waals surface area contributed by atoms with Crippen molar-refractivity contribution in [3.8, 4) is 0 Å². The standard InChI is InChI=1S/C17H28O2/c1-3-16(18)19-17(4-2)13-9-8-11-14-10-6-5-7-12-15(14)17/h3,14-15H,1,4-13H2,2H3. The van der Waals surface area contributed by atoms with Gasteiger partial charge in [-0.05, 0) is 31.6 Å². The molecule has 0 spiro atoms. The van der Waals surface area contributed by atoms with Gasteiger partial charge in [0.15, 0.2) is 0 Å². The molecule has 2 aliphatic rings. The Morgan fingerprint density at radius 2 is 1.89 bits per heavy atom. The first kappa shape index (κ1) is 14.6. The lowest BCUT2D eigenvalue weighted by atomic mass is 9.73. The minimum absolute atomic E-state index is 0.212. The summed E-state index contributed by atoms with van der Waals surface area (Å²) in [7, 11) is 0. The Kier molecular flexibility index (Phi) is 5.06. The molecule has 2 saturated carbocycles. The Morgan fingerprint density at radius 3 is 2.58 bits per heavy atom. The van der Waals surface area contributed by atoms with E-state index in [-0.39, 0.29) is 11.6 Å². The Labute approximate surface area is 117 Å². The average molecular weight is 264 g/mol. The number of hydrogen-bond donors (Lipinski definition) is 0. The van der Waals surface area contributed by atoms with Gasteiger partial charge < -0.3 is 4.74 Å². The van der Waals surface area contributed by atoms with Gasteiger partial charge in [0.05, 0.1) is 0 Å². The molecule has 19 heavy (non-hydrogen) atoms. The predicted molar refractivity (Wildman–Crippen MR) is 77.8 cm³/mol. The molecule has 0 aliphatic heterocycles. The summed E-state index contributed by atoms with van der Waals surface area (Å²) >= 11 is 0. The third-order valence-corrected chi connectivity index (χ3v) is 5.33. The zero-order valence-corrected chi connectivity index (χ0v) is 12.3. The van der Waals surface area contributed by atoms with Crippen LogP contribution in [0.2, 0.25) is 0 Å². The van der Waals surface area contributed by atoms with Gasteiger partial charge in [-0.1, -0.05) is 52.0 Å². The number of ether oxygens (including phenoxy) is 1. The number of rotatable bonds is 3. The van der Waals surface area contributed by atoms with Gasteiger partial charge in [-0.2, -0.15) is 0 Å². The number of carbonyl (C=O) groups is 1. The van der Waals surface area contributed by atoms with Crippen LogP contribution < -0.4 is 0 Å². The van der Waals surface area contributed by atoms with E-state index in [4.69, 9.17) is 4.74 Å². The zero-order valence-electron chi connectivity index (χ0n) is 12.3. The Balaban J connectivity index is 2.25. The van der Waals surface area contributed by atoms with Crippen molar-refractivity contribution in [2.45, 2.75) is 76.7 Å². The molecule has 2 rings (SSSR count). The van der Waals surface area contributed by atoms with E-state index in [1.807, 2.05) is 0 Å². The summed E-state index contributed by atoms with van der Waals surface area (Å²) in [5.41, 5.74) is -0.212. The molecule has 2 aliphatic carbocycles. The summed E-state index contributed by atoms with van der Waals surface area (Å²) in [6.07, 6.45) is 13.7. The molecule has 2 fully saturated rings. The first-order chi connectivity index (χ1) is 9.22. The average Bonchev–Trinajstić information content (AvgIpc) is 2.75. The topological polar surface area (TPSA) is 26.3 Å². The van der Waals surface area contributed by atoms with E-state index in [2.05, 4.69) is 13.5 Å². The molecule has 0 bridgehead atoms. The third kappa shape index (κ3) is 3.21. The highest BCUT2D eigenvalue weighted by molar-refractivity contribution is 5.81. The molecule has 2 heteroatoms. The van der Waals surface area contributed by atoms with Crippen LogP contribution in [-0.4, -0.2) is 11.6 Å². The lowest BCUT2D eigenvalue weighted by Crippen LogP contribution is -2.44. The summed E-state index contributed by atoms with van der Waals surface area (Å²) in [6, 6.07) is 0. The van der Waals surface area contributed by atoms with Crippen molar-refractivity contribution in [2.75, 3.05) is 0 Å². The summed E-state index contributed by atoms with van der Waals surface area (Å²) in [6.45, 7) is 5.75. The van der Waals surface area contributed by atoms with E-state index >= 15 is 0 Å². The molecule has 0 N–H and O–H groups in total. The van der Waals surface area contributed by atoms with E-state index in [0.717, 1.165) is 18.8 Å². The van der Waals surface area contributed by atoms with Crippen molar-refractivity contribution in [2.24, 2.45) is 11.8 Å². The van der Waals surface area contributed by atoms with Crippen LogP contribution in [-0.2, 0) is 9.53 Å². The number of hydrogen-bond acceptors (Lipinski definition) is 2. The molecule has 0 radical (unpaired) electrons. The van der Waals surface area contributed by atoms with Gasteiger partial charge in [-0.15, -0.1) is 0 Å². The normalized spacial score (nSPS) is 35.6. The maximum Gasteiger partial charge on any atom is 0.330 e. The fraction of sp³-hybridized carbons (Fsp3) is 0.824. The minimum Gasteiger partial charge on any atom is -0.456 e. The summed E-state index contributed by atoms with van der Waals surface area (Å²) in [4.78, 5) is 11.8. The lowest BCUT2D eigenvalue weighted by molar-refractivity contribution is -0.164. The maximum atomic E-state index is 11.8. The maximum absolute atomic E-state index is 11.8. The second kappa shape index (κ2) is 6.58. The molecule has 2 nitrogen and oxygen atoms in total. The van der Waals surface area contributed by atoms with E-state index in [1.165, 1.54) is 57.4 Å². The molecule has 0 saturated heterocycles. The van der Waals surface area contributed by atoms with Crippen LogP contribution in [0.3, 0.4) is 0 Å². The minimum atomic E-state index is -0.230. The van der Waals surface area contributed by atoms with Crippen LogP contribution in [0.4, 0.5) is 0 Å². The van der Waals surface area contributed by atoms with Gasteiger partial charge >= 0.3 is 5.97 Å². The lowest BCUT2D eigenvalue weighted by Gasteiger charge is -2.41. The van der Waals surface area contributed by atoms with E-state index in [9.17, 15) is 4.79 Å². The molecule has 0 aromatic carbocycles. The quantitative estimate of drug-likeness (QED) is 0.548. The van der Waals surface area contributed by atoms with Crippen LogP contribution in [0.25, 0.3) is 0 Å². The van der Waals surface area contributed by atoms with Crippen LogP contribution >= 0.6 is 0 Å². The second-order valence-corrected chi connectivity index (χ2v) is 6.29. The van der Waals surface area contributed by atoms with Crippen molar-refractivity contribution in [3.05, 3.63) is 12.7 Å². The smallest absolute Gasteiger partial charge is 0.330 e. The van der Waals surface area contributed by atoms with Gasteiger partial charge in [-0.3, -0.25) is 0 Å². The van der Waals surface area contributed by atoms with E-state index in [0.29, 0.717) is 5.92 Å². The van der Waals surface area contributed by atoms with E-state index < -0.39 is 0 Å². The Hall–Kier alpha value is -0.790. The highest BCUT2D eigenvalue weighted by Gasteiger charge is 2.45. The molecular formula is C17H28O2. The van der Waals surface area contributed by atoms with Crippen LogP contribution in [0.5, 0.6) is 0 Å². The molecule has 0 aromatic heterocycles. The van der Waals surface area contributed by atoms with Gasteiger partial charge in [0, 0.05) is 12.0 Å². The molecule has 108 valence electrons. The molecular weight excluding hydrogens is 236 g/mol. The van der Waals surface area contributed by atoms with Crippen LogP contribution in [0, 0.1) is 11.8 Å². The second-order valence-electron chi connectivity index (χ2n) is 6.29. The van der Waals surface area contributed by atoms with Crippen molar-refractivity contribution < 1.29 is 9.53 Å². The monoisotopic (exact) mass is 264 g/mol. The Bertz CT molecular complexity index is 321. The first-order valence-corrected chi connectivity index (χ1v) is 8.07. The van der Waals surface area contributed by atoms with Crippen LogP contribution in [0.1, 0.15) is 71.1 Å². The highest BCUT2D eigenvalue weighted by Crippen LogP contribution is 2.47. The molecule has 0 aromatic rings. The van der Waals surface area contributed by atoms with Gasteiger partial charge in [0.2, 0.25) is 0 Å². The summed E-state index contributed by atoms with van der Waals surface area (Å²) in [5.74, 6) is 1.11. The SMILES string of the molecule is C=CC(=O)OC1(CC)CCCCC2CCCCCC21.